The van der Waals surface area contributed by atoms with Gasteiger partial charge in [-0.1, -0.05) is 100 Å². The number of amides is 1. The molecule has 0 aromatic heterocycles. The molecule has 7 heteroatoms. The van der Waals surface area contributed by atoms with Crippen LogP contribution in [0.15, 0.2) is 120 Å². The third-order valence-corrected chi connectivity index (χ3v) is 7.52. The summed E-state index contributed by atoms with van der Waals surface area (Å²) in [6.07, 6.45) is 1.86. The van der Waals surface area contributed by atoms with E-state index in [9.17, 15) is 4.79 Å². The molecule has 0 spiro atoms. The molecule has 0 aliphatic carbocycles. The van der Waals surface area contributed by atoms with Crippen molar-refractivity contribution >= 4 is 75.8 Å². The van der Waals surface area contributed by atoms with E-state index in [1.54, 1.807) is 12.1 Å². The Morgan fingerprint density at radius 1 is 0.629 bits per heavy atom. The summed E-state index contributed by atoms with van der Waals surface area (Å²) < 4.78 is 3.88. The number of aliphatic imine (C=N–C) groups is 1. The molecule has 0 radical (unpaired) electrons. The Labute approximate surface area is 238 Å². The molecule has 35 heavy (non-hydrogen) atoms. The highest BCUT2D eigenvalue weighted by atomic mass is 79.9. The molecule has 0 saturated carbocycles. The highest BCUT2D eigenvalue weighted by Gasteiger charge is 2.26. The Hall–Kier alpha value is -2.06. The van der Waals surface area contributed by atoms with Crippen molar-refractivity contribution in [2.45, 2.75) is 12.1 Å². The molecule has 3 nitrogen and oxygen atoms in total. The average molecular weight is 720 g/mol. The van der Waals surface area contributed by atoms with E-state index in [2.05, 4.69) is 69.0 Å². The first-order valence-corrected chi connectivity index (χ1v) is 13.9. The molecule has 0 saturated heterocycles. The Kier molecular flexibility index (Phi) is 9.11. The van der Waals surface area contributed by atoms with E-state index >= 15 is 0 Å². The zero-order chi connectivity index (χ0) is 24.8. The van der Waals surface area contributed by atoms with Gasteiger partial charge in [0.05, 0.1) is 12.1 Å². The third kappa shape index (κ3) is 7.23. The first-order valence-electron chi connectivity index (χ1n) is 10.7. The topological polar surface area (TPSA) is 41.5 Å². The van der Waals surface area contributed by atoms with Gasteiger partial charge in [0.1, 0.15) is 0 Å². The monoisotopic (exact) mass is 716 g/mol. The van der Waals surface area contributed by atoms with Gasteiger partial charge >= 0.3 is 0 Å². The van der Waals surface area contributed by atoms with Crippen molar-refractivity contribution in [3.05, 3.63) is 137 Å². The van der Waals surface area contributed by atoms with Crippen molar-refractivity contribution in [3.63, 3.8) is 0 Å². The van der Waals surface area contributed by atoms with Crippen molar-refractivity contribution in [2.75, 3.05) is 0 Å². The van der Waals surface area contributed by atoms with Crippen LogP contribution in [0.1, 0.15) is 39.1 Å². The van der Waals surface area contributed by atoms with E-state index < -0.39 is 6.04 Å². The van der Waals surface area contributed by atoms with Crippen LogP contribution in [0.2, 0.25) is 0 Å². The maximum atomic E-state index is 13.3. The highest BCUT2D eigenvalue weighted by molar-refractivity contribution is 9.11. The van der Waals surface area contributed by atoms with Crippen LogP contribution in [-0.4, -0.2) is 12.1 Å². The van der Waals surface area contributed by atoms with Crippen LogP contribution in [0.3, 0.4) is 0 Å². The Morgan fingerprint density at radius 2 is 1.06 bits per heavy atom. The lowest BCUT2D eigenvalue weighted by Gasteiger charge is -2.27. The molecule has 0 aliphatic rings. The Balaban J connectivity index is 1.76. The smallest absolute Gasteiger partial charge is 0.251 e. The average Bonchev–Trinajstić information content (AvgIpc) is 2.86. The van der Waals surface area contributed by atoms with Gasteiger partial charge < -0.3 is 5.32 Å². The molecule has 0 unspecified atom stereocenters. The number of nitrogens with zero attached hydrogens (tertiary/aromatic N) is 1. The van der Waals surface area contributed by atoms with Crippen LogP contribution in [0.4, 0.5) is 0 Å². The number of hydrogen-bond donors (Lipinski definition) is 1. The van der Waals surface area contributed by atoms with E-state index in [0.29, 0.717) is 5.56 Å². The lowest BCUT2D eigenvalue weighted by Crippen LogP contribution is -2.32. The number of nitrogens with one attached hydrogen (secondary N) is 1. The lowest BCUT2D eigenvalue weighted by molar-refractivity contribution is 0.0930. The summed E-state index contributed by atoms with van der Waals surface area (Å²) in [5, 5.41) is 3.24. The standard InChI is InChI=1S/C28H20Br4N2O/c29-22-9-1-18(2-10-22)17-33-26(19-3-11-23(30)12-4-19)27(20-5-13-24(31)14-6-20)34-28(35)21-7-15-25(32)16-8-21/h1-17,26-27H,(H,34,35)/t26-,27-/m0/s1. The van der Waals surface area contributed by atoms with Gasteiger partial charge in [-0.15, -0.1) is 0 Å². The molecule has 0 fully saturated rings. The van der Waals surface area contributed by atoms with Gasteiger partial charge in [-0.25, -0.2) is 0 Å². The molecule has 4 aromatic rings. The van der Waals surface area contributed by atoms with Crippen molar-refractivity contribution in [1.29, 1.82) is 0 Å². The number of carbonyl (C=O) groups excluding carboxylic acids is 1. The van der Waals surface area contributed by atoms with Crippen molar-refractivity contribution in [1.82, 2.24) is 5.32 Å². The number of rotatable bonds is 7. The Morgan fingerprint density at radius 3 is 1.57 bits per heavy atom. The molecule has 1 amide bonds. The second-order valence-corrected chi connectivity index (χ2v) is 11.5. The normalized spacial score (nSPS) is 12.9. The van der Waals surface area contributed by atoms with E-state index in [1.165, 1.54) is 0 Å². The fourth-order valence-electron chi connectivity index (χ4n) is 3.58. The first kappa shape index (κ1) is 26.0. The molecule has 2 atom stereocenters. The lowest BCUT2D eigenvalue weighted by atomic mass is 9.93. The molecule has 0 aliphatic heterocycles. The third-order valence-electron chi connectivity index (χ3n) is 5.40. The van der Waals surface area contributed by atoms with Gasteiger partial charge in [0, 0.05) is 29.7 Å². The Bertz CT molecular complexity index is 1300. The zero-order valence-electron chi connectivity index (χ0n) is 18.3. The predicted octanol–water partition coefficient (Wildman–Crippen LogP) is 9.07. The van der Waals surface area contributed by atoms with Crippen LogP contribution in [0.5, 0.6) is 0 Å². The minimum absolute atomic E-state index is 0.161. The second-order valence-electron chi connectivity index (χ2n) is 7.84. The van der Waals surface area contributed by atoms with Gasteiger partial charge in [0.25, 0.3) is 5.91 Å². The van der Waals surface area contributed by atoms with Crippen LogP contribution in [-0.2, 0) is 0 Å². The zero-order valence-corrected chi connectivity index (χ0v) is 24.7. The molecule has 1 N–H and O–H groups in total. The fraction of sp³-hybridized carbons (Fsp3) is 0.0714. The van der Waals surface area contributed by atoms with Gasteiger partial charge in [-0.2, -0.15) is 0 Å². The first-order chi connectivity index (χ1) is 16.9. The van der Waals surface area contributed by atoms with Crippen LogP contribution in [0.25, 0.3) is 0 Å². The molecule has 4 aromatic carbocycles. The van der Waals surface area contributed by atoms with Crippen LogP contribution < -0.4 is 5.32 Å². The van der Waals surface area contributed by atoms with Gasteiger partial charge in [-0.05, 0) is 77.4 Å². The second kappa shape index (κ2) is 12.3. The largest absolute Gasteiger partial charge is 0.343 e. The molecular formula is C28H20Br4N2O. The summed E-state index contributed by atoms with van der Waals surface area (Å²) in [6.45, 7) is 0. The summed E-state index contributed by atoms with van der Waals surface area (Å²) in [6, 6.07) is 30.6. The summed E-state index contributed by atoms with van der Waals surface area (Å²) in [7, 11) is 0. The van der Waals surface area contributed by atoms with E-state index in [-0.39, 0.29) is 11.9 Å². The summed E-state index contributed by atoms with van der Waals surface area (Å²) in [4.78, 5) is 18.3. The van der Waals surface area contributed by atoms with Crippen molar-refractivity contribution in [2.24, 2.45) is 4.99 Å². The molecule has 0 bridgehead atoms. The van der Waals surface area contributed by atoms with Crippen molar-refractivity contribution < 1.29 is 4.79 Å². The maximum absolute atomic E-state index is 13.3. The number of carbonyl (C=O) groups is 1. The molecular weight excluding hydrogens is 700 g/mol. The number of hydrogen-bond acceptors (Lipinski definition) is 2. The summed E-state index contributed by atoms with van der Waals surface area (Å²) in [5.41, 5.74) is 3.51. The van der Waals surface area contributed by atoms with Crippen molar-refractivity contribution in [3.8, 4) is 0 Å². The predicted molar refractivity (Wildman–Crippen MR) is 157 cm³/mol. The minimum atomic E-state index is -0.396. The van der Waals surface area contributed by atoms with Gasteiger partial charge in [0.15, 0.2) is 0 Å². The van der Waals surface area contributed by atoms with Crippen LogP contribution >= 0.6 is 63.7 Å². The van der Waals surface area contributed by atoms with Gasteiger partial charge in [-0.3, -0.25) is 9.79 Å². The highest BCUT2D eigenvalue weighted by Crippen LogP contribution is 2.34. The van der Waals surface area contributed by atoms with Crippen LogP contribution in [0, 0.1) is 0 Å². The summed E-state index contributed by atoms with van der Waals surface area (Å²) in [5.74, 6) is -0.161. The quantitative estimate of drug-likeness (QED) is 0.190. The number of halogens is 4. The molecule has 176 valence electrons. The van der Waals surface area contributed by atoms with E-state index in [4.69, 9.17) is 4.99 Å². The fourth-order valence-corrected chi connectivity index (χ4v) is 4.64. The maximum Gasteiger partial charge on any atom is 0.251 e. The SMILES string of the molecule is O=C(N[C@@H](c1ccc(Br)cc1)[C@@H](N=Cc1ccc(Br)cc1)c1ccc(Br)cc1)c1ccc(Br)cc1. The minimum Gasteiger partial charge on any atom is -0.343 e. The summed E-state index contributed by atoms with van der Waals surface area (Å²) >= 11 is 14.0. The van der Waals surface area contributed by atoms with Gasteiger partial charge in [0.2, 0.25) is 0 Å². The van der Waals surface area contributed by atoms with E-state index in [1.807, 2.05) is 91.1 Å². The molecule has 0 heterocycles. The molecule has 4 rings (SSSR count). The van der Waals surface area contributed by atoms with E-state index in [0.717, 1.165) is 34.6 Å². The number of benzene rings is 4.